The zero-order chi connectivity index (χ0) is 22.9. The summed E-state index contributed by atoms with van der Waals surface area (Å²) in [4.78, 5) is 12.3. The molecule has 0 saturated carbocycles. The number of methoxy groups -OCH3 is 2. The van der Waals surface area contributed by atoms with Crippen molar-refractivity contribution >= 4 is 15.7 Å². The summed E-state index contributed by atoms with van der Waals surface area (Å²) in [6.07, 6.45) is 3.39. The van der Waals surface area contributed by atoms with E-state index in [9.17, 15) is 13.2 Å². The van der Waals surface area contributed by atoms with Crippen LogP contribution in [0, 0.1) is 6.92 Å². The van der Waals surface area contributed by atoms with Crippen LogP contribution in [-0.2, 0) is 22.9 Å². The highest BCUT2D eigenvalue weighted by Crippen LogP contribution is 2.32. The van der Waals surface area contributed by atoms with Crippen LogP contribution in [0.4, 0.5) is 5.69 Å². The Kier molecular flexibility index (Phi) is 5.92. The second-order valence-electron chi connectivity index (χ2n) is 7.75. The first kappa shape index (κ1) is 21.9. The zero-order valence-electron chi connectivity index (χ0n) is 18.2. The number of anilines is 1. The first-order valence-corrected chi connectivity index (χ1v) is 11.8. The molecule has 1 aromatic heterocycles. The molecule has 0 fully saturated rings. The van der Waals surface area contributed by atoms with Gasteiger partial charge < -0.3 is 9.47 Å². The number of hydrogen-bond acceptors (Lipinski definition) is 6. The molecule has 1 heterocycles. The van der Waals surface area contributed by atoms with Gasteiger partial charge >= 0.3 is 0 Å². The SMILES string of the molecule is COc1cc(NS(=O)(=O)c2cc(-c3n[nH]c(=O)c4c3CCCC4)ccc2C)cc(OC)c1. The summed E-state index contributed by atoms with van der Waals surface area (Å²) < 4.78 is 39.6. The molecule has 2 aromatic carbocycles. The number of sulfonamides is 1. The van der Waals surface area contributed by atoms with Gasteiger partial charge in [0, 0.05) is 29.3 Å². The van der Waals surface area contributed by atoms with E-state index in [0.29, 0.717) is 40.4 Å². The molecule has 0 atom stereocenters. The van der Waals surface area contributed by atoms with E-state index < -0.39 is 10.0 Å². The quantitative estimate of drug-likeness (QED) is 0.589. The largest absolute Gasteiger partial charge is 0.497 e. The Morgan fingerprint density at radius 2 is 1.62 bits per heavy atom. The lowest BCUT2D eigenvalue weighted by molar-refractivity contribution is 0.395. The average Bonchev–Trinajstić information content (AvgIpc) is 2.79. The van der Waals surface area contributed by atoms with Crippen LogP contribution in [0.15, 0.2) is 46.1 Å². The van der Waals surface area contributed by atoms with E-state index >= 15 is 0 Å². The maximum Gasteiger partial charge on any atom is 0.267 e. The van der Waals surface area contributed by atoms with Crippen LogP contribution in [0.1, 0.15) is 29.5 Å². The van der Waals surface area contributed by atoms with Gasteiger partial charge in [0.15, 0.2) is 0 Å². The summed E-state index contributed by atoms with van der Waals surface area (Å²) in [7, 11) is -0.918. The van der Waals surface area contributed by atoms with Crippen molar-refractivity contribution in [2.45, 2.75) is 37.5 Å². The van der Waals surface area contributed by atoms with Crippen LogP contribution in [0.25, 0.3) is 11.3 Å². The number of aryl methyl sites for hydroxylation is 1. The summed E-state index contributed by atoms with van der Waals surface area (Å²) in [5.74, 6) is 0.938. The molecule has 168 valence electrons. The van der Waals surface area contributed by atoms with E-state index in [0.717, 1.165) is 30.4 Å². The minimum absolute atomic E-state index is 0.134. The van der Waals surface area contributed by atoms with Crippen LogP contribution >= 0.6 is 0 Å². The van der Waals surface area contributed by atoms with Crippen molar-refractivity contribution in [3.05, 3.63) is 63.4 Å². The molecular formula is C23H25N3O5S. The van der Waals surface area contributed by atoms with E-state index in [1.807, 2.05) is 6.07 Å². The molecule has 0 saturated heterocycles. The first-order chi connectivity index (χ1) is 15.3. The summed E-state index contributed by atoms with van der Waals surface area (Å²) in [5, 5.41) is 6.82. The number of benzene rings is 2. The van der Waals surface area contributed by atoms with Crippen LogP contribution in [-0.4, -0.2) is 32.8 Å². The van der Waals surface area contributed by atoms with Gasteiger partial charge in [-0.3, -0.25) is 9.52 Å². The van der Waals surface area contributed by atoms with E-state index in [1.165, 1.54) is 14.2 Å². The molecule has 3 aromatic rings. The van der Waals surface area contributed by atoms with Gasteiger partial charge in [-0.15, -0.1) is 0 Å². The maximum atomic E-state index is 13.3. The molecule has 0 radical (unpaired) electrons. The zero-order valence-corrected chi connectivity index (χ0v) is 19.0. The van der Waals surface area contributed by atoms with E-state index in [1.54, 1.807) is 37.3 Å². The average molecular weight is 456 g/mol. The summed E-state index contributed by atoms with van der Waals surface area (Å²) >= 11 is 0. The van der Waals surface area contributed by atoms with Gasteiger partial charge in [0.25, 0.3) is 15.6 Å². The second kappa shape index (κ2) is 8.66. The number of fused-ring (bicyclic) bond motifs is 1. The van der Waals surface area contributed by atoms with Crippen molar-refractivity contribution in [3.8, 4) is 22.8 Å². The Hall–Kier alpha value is -3.33. The number of nitrogens with one attached hydrogen (secondary N) is 2. The van der Waals surface area contributed by atoms with E-state index in [4.69, 9.17) is 9.47 Å². The van der Waals surface area contributed by atoms with Gasteiger partial charge in [0.1, 0.15) is 11.5 Å². The Morgan fingerprint density at radius 1 is 0.969 bits per heavy atom. The van der Waals surface area contributed by atoms with Crippen molar-refractivity contribution in [3.63, 3.8) is 0 Å². The molecule has 2 N–H and O–H groups in total. The number of rotatable bonds is 6. The van der Waals surface area contributed by atoms with Gasteiger partial charge in [-0.25, -0.2) is 13.5 Å². The molecule has 8 nitrogen and oxygen atoms in total. The third kappa shape index (κ3) is 4.20. The Labute approximate surface area is 186 Å². The fourth-order valence-electron chi connectivity index (χ4n) is 4.01. The Bertz CT molecular complexity index is 1310. The molecule has 0 amide bonds. The van der Waals surface area contributed by atoms with E-state index in [-0.39, 0.29) is 10.5 Å². The van der Waals surface area contributed by atoms with Crippen LogP contribution in [0.3, 0.4) is 0 Å². The minimum atomic E-state index is -3.91. The Balaban J connectivity index is 1.76. The highest BCUT2D eigenvalue weighted by atomic mass is 32.2. The normalized spacial score (nSPS) is 13.3. The van der Waals surface area contributed by atoms with Crippen molar-refractivity contribution in [1.82, 2.24) is 10.2 Å². The van der Waals surface area contributed by atoms with Crippen molar-refractivity contribution < 1.29 is 17.9 Å². The van der Waals surface area contributed by atoms with E-state index in [2.05, 4.69) is 14.9 Å². The van der Waals surface area contributed by atoms with Gasteiger partial charge in [-0.1, -0.05) is 12.1 Å². The molecule has 0 bridgehead atoms. The molecule has 0 spiro atoms. The summed E-state index contributed by atoms with van der Waals surface area (Å²) in [6.45, 7) is 1.74. The van der Waals surface area contributed by atoms with Gasteiger partial charge in [0.2, 0.25) is 0 Å². The summed E-state index contributed by atoms with van der Waals surface area (Å²) in [5.41, 5.74) is 3.66. The van der Waals surface area contributed by atoms with Crippen LogP contribution in [0.2, 0.25) is 0 Å². The Morgan fingerprint density at radius 3 is 2.28 bits per heavy atom. The van der Waals surface area contributed by atoms with Crippen molar-refractivity contribution in [2.24, 2.45) is 0 Å². The molecule has 1 aliphatic carbocycles. The van der Waals surface area contributed by atoms with Crippen LogP contribution < -0.4 is 19.8 Å². The van der Waals surface area contributed by atoms with Crippen molar-refractivity contribution in [2.75, 3.05) is 18.9 Å². The highest BCUT2D eigenvalue weighted by molar-refractivity contribution is 7.92. The number of aromatic nitrogens is 2. The maximum absolute atomic E-state index is 13.3. The van der Waals surface area contributed by atoms with Crippen molar-refractivity contribution in [1.29, 1.82) is 0 Å². The first-order valence-electron chi connectivity index (χ1n) is 10.3. The second-order valence-corrected chi connectivity index (χ2v) is 9.40. The lowest BCUT2D eigenvalue weighted by Crippen LogP contribution is -2.21. The van der Waals surface area contributed by atoms with Gasteiger partial charge in [0.05, 0.1) is 30.5 Å². The fraction of sp³-hybridized carbons (Fsp3) is 0.304. The van der Waals surface area contributed by atoms with Gasteiger partial charge in [-0.2, -0.15) is 5.10 Å². The van der Waals surface area contributed by atoms with Crippen LogP contribution in [0.5, 0.6) is 11.5 Å². The smallest absolute Gasteiger partial charge is 0.267 e. The molecule has 4 rings (SSSR count). The minimum Gasteiger partial charge on any atom is -0.497 e. The lowest BCUT2D eigenvalue weighted by Gasteiger charge is -2.18. The number of hydrogen-bond donors (Lipinski definition) is 2. The monoisotopic (exact) mass is 455 g/mol. The highest BCUT2D eigenvalue weighted by Gasteiger charge is 2.22. The standard InChI is InChI=1S/C23H25N3O5S/c1-14-8-9-15(22-19-6-4-5-7-20(19)23(27)25-24-22)10-21(14)32(28,29)26-16-11-17(30-2)13-18(12-16)31-3/h8-13,26H,4-7H2,1-3H3,(H,25,27). The molecule has 0 unspecified atom stereocenters. The number of H-pyrrole nitrogens is 1. The molecular weight excluding hydrogens is 430 g/mol. The number of ether oxygens (including phenoxy) is 2. The molecule has 32 heavy (non-hydrogen) atoms. The molecule has 0 aliphatic heterocycles. The lowest BCUT2D eigenvalue weighted by atomic mass is 9.90. The predicted octanol–water partition coefficient (Wildman–Crippen LogP) is 3.44. The topological polar surface area (TPSA) is 110 Å². The predicted molar refractivity (Wildman–Crippen MR) is 122 cm³/mol. The molecule has 9 heteroatoms. The third-order valence-corrected chi connectivity index (χ3v) is 7.18. The fourth-order valence-corrected chi connectivity index (χ4v) is 5.32. The number of aromatic amines is 1. The molecule has 1 aliphatic rings. The summed E-state index contributed by atoms with van der Waals surface area (Å²) in [6, 6.07) is 10.0. The van der Waals surface area contributed by atoms with Gasteiger partial charge in [-0.05, 0) is 49.8 Å². The third-order valence-electron chi connectivity index (χ3n) is 5.65. The number of nitrogens with zero attached hydrogens (tertiary/aromatic N) is 1.